The molecular formula is C22H30N6O. The van der Waals surface area contributed by atoms with Crippen LogP contribution in [0.25, 0.3) is 6.08 Å². The van der Waals surface area contributed by atoms with E-state index in [4.69, 9.17) is 0 Å². The molecule has 0 radical (unpaired) electrons. The van der Waals surface area contributed by atoms with Crippen LogP contribution in [-0.2, 0) is 0 Å². The van der Waals surface area contributed by atoms with Gasteiger partial charge in [-0.3, -0.25) is 9.69 Å². The Morgan fingerprint density at radius 1 is 1.17 bits per heavy atom. The molecule has 29 heavy (non-hydrogen) atoms. The standard InChI is InChI=1S/C22H30N6O/c1-26(2)19-9-5-17(6-10-19)4-3-13-27-14-11-20(12-15-27)28-16-21(24-25-28)22(29)23-18-7-8-18/h3-6,9-10,16,18,20H,7-8,11-15H2,1-2H3,(H,23,29). The van der Waals surface area contributed by atoms with E-state index in [0.29, 0.717) is 17.8 Å². The Hall–Kier alpha value is -2.67. The normalized spacial score (nSPS) is 18.3. The number of piperidine rings is 1. The number of rotatable bonds is 7. The molecule has 1 saturated heterocycles. The SMILES string of the molecule is CN(C)c1ccc(C=CCN2CCC(n3cc(C(=O)NC4CC4)nn3)CC2)cc1. The van der Waals surface area contributed by atoms with E-state index >= 15 is 0 Å². The van der Waals surface area contributed by atoms with Gasteiger partial charge in [0.05, 0.1) is 12.2 Å². The lowest BCUT2D eigenvalue weighted by Gasteiger charge is -2.30. The van der Waals surface area contributed by atoms with E-state index in [0.717, 1.165) is 45.3 Å². The monoisotopic (exact) mass is 394 g/mol. The van der Waals surface area contributed by atoms with Crippen LogP contribution in [0.4, 0.5) is 5.69 Å². The van der Waals surface area contributed by atoms with Gasteiger partial charge in [0.1, 0.15) is 0 Å². The second-order valence-electron chi connectivity index (χ2n) is 8.25. The van der Waals surface area contributed by atoms with E-state index in [2.05, 4.69) is 75.9 Å². The molecule has 1 N–H and O–H groups in total. The molecular weight excluding hydrogens is 364 g/mol. The van der Waals surface area contributed by atoms with Crippen LogP contribution in [0.2, 0.25) is 0 Å². The van der Waals surface area contributed by atoms with Gasteiger partial charge in [-0.25, -0.2) is 4.68 Å². The fraction of sp³-hybridized carbons (Fsp3) is 0.500. The number of amides is 1. The van der Waals surface area contributed by atoms with Crippen molar-refractivity contribution >= 4 is 17.7 Å². The molecule has 7 heteroatoms. The van der Waals surface area contributed by atoms with Crippen LogP contribution < -0.4 is 10.2 Å². The highest BCUT2D eigenvalue weighted by atomic mass is 16.2. The summed E-state index contributed by atoms with van der Waals surface area (Å²) < 4.78 is 1.88. The van der Waals surface area contributed by atoms with E-state index < -0.39 is 0 Å². The summed E-state index contributed by atoms with van der Waals surface area (Å²) in [6.45, 7) is 3.00. The van der Waals surface area contributed by atoms with E-state index in [-0.39, 0.29) is 5.91 Å². The van der Waals surface area contributed by atoms with Crippen LogP contribution in [0.1, 0.15) is 47.8 Å². The number of carbonyl (C=O) groups is 1. The van der Waals surface area contributed by atoms with E-state index in [1.54, 1.807) is 6.20 Å². The van der Waals surface area contributed by atoms with Crippen molar-refractivity contribution in [1.82, 2.24) is 25.2 Å². The third-order valence-corrected chi connectivity index (χ3v) is 5.67. The van der Waals surface area contributed by atoms with Gasteiger partial charge >= 0.3 is 0 Å². The van der Waals surface area contributed by atoms with Crippen molar-refractivity contribution in [3.8, 4) is 0 Å². The average Bonchev–Trinajstić information content (AvgIpc) is 3.40. The molecule has 2 aromatic rings. The maximum absolute atomic E-state index is 12.1. The van der Waals surface area contributed by atoms with Crippen molar-refractivity contribution in [2.75, 3.05) is 38.6 Å². The van der Waals surface area contributed by atoms with Gasteiger partial charge in [0.2, 0.25) is 0 Å². The minimum atomic E-state index is -0.0973. The first-order valence-electron chi connectivity index (χ1n) is 10.5. The minimum absolute atomic E-state index is 0.0973. The highest BCUT2D eigenvalue weighted by molar-refractivity contribution is 5.92. The zero-order chi connectivity index (χ0) is 20.2. The summed E-state index contributed by atoms with van der Waals surface area (Å²) in [6, 6.07) is 9.25. The molecule has 0 unspecified atom stereocenters. The van der Waals surface area contributed by atoms with Gasteiger partial charge in [-0.05, 0) is 43.4 Å². The Morgan fingerprint density at radius 2 is 1.90 bits per heavy atom. The molecule has 1 aromatic carbocycles. The molecule has 1 aliphatic heterocycles. The predicted molar refractivity (Wildman–Crippen MR) is 115 cm³/mol. The van der Waals surface area contributed by atoms with E-state index in [9.17, 15) is 4.79 Å². The van der Waals surface area contributed by atoms with Crippen LogP contribution in [0, 0.1) is 0 Å². The number of benzene rings is 1. The predicted octanol–water partition coefficient (Wildman–Crippen LogP) is 2.59. The number of hydrogen-bond acceptors (Lipinski definition) is 5. The fourth-order valence-electron chi connectivity index (χ4n) is 3.63. The summed E-state index contributed by atoms with van der Waals surface area (Å²) in [5, 5.41) is 11.2. The van der Waals surface area contributed by atoms with Crippen LogP contribution in [0.3, 0.4) is 0 Å². The van der Waals surface area contributed by atoms with Gasteiger partial charge in [-0.2, -0.15) is 0 Å². The molecule has 1 aromatic heterocycles. The van der Waals surface area contributed by atoms with E-state index in [1.807, 2.05) is 4.68 Å². The van der Waals surface area contributed by atoms with Crippen molar-refractivity contribution in [2.24, 2.45) is 0 Å². The number of nitrogens with one attached hydrogen (secondary N) is 1. The summed E-state index contributed by atoms with van der Waals surface area (Å²) in [7, 11) is 4.11. The number of hydrogen-bond donors (Lipinski definition) is 1. The molecule has 7 nitrogen and oxygen atoms in total. The van der Waals surface area contributed by atoms with Crippen LogP contribution in [0.15, 0.2) is 36.5 Å². The highest BCUT2D eigenvalue weighted by Crippen LogP contribution is 2.22. The Bertz CT molecular complexity index is 844. The van der Waals surface area contributed by atoms with Crippen molar-refractivity contribution in [1.29, 1.82) is 0 Å². The highest BCUT2D eigenvalue weighted by Gasteiger charge is 2.26. The third kappa shape index (κ3) is 5.23. The van der Waals surface area contributed by atoms with Gasteiger partial charge in [0, 0.05) is 45.5 Å². The molecule has 0 spiro atoms. The maximum atomic E-state index is 12.1. The molecule has 4 rings (SSSR count). The molecule has 0 bridgehead atoms. The summed E-state index contributed by atoms with van der Waals surface area (Å²) >= 11 is 0. The summed E-state index contributed by atoms with van der Waals surface area (Å²) in [5.74, 6) is -0.0973. The van der Waals surface area contributed by atoms with Crippen molar-refractivity contribution in [3.05, 3.63) is 47.8 Å². The smallest absolute Gasteiger partial charge is 0.273 e. The molecule has 1 amide bonds. The lowest BCUT2D eigenvalue weighted by atomic mass is 10.1. The second-order valence-corrected chi connectivity index (χ2v) is 8.25. The maximum Gasteiger partial charge on any atom is 0.273 e. The zero-order valence-electron chi connectivity index (χ0n) is 17.3. The first-order chi connectivity index (χ1) is 14.1. The molecule has 0 atom stereocenters. The Balaban J connectivity index is 1.23. The quantitative estimate of drug-likeness (QED) is 0.782. The van der Waals surface area contributed by atoms with Crippen molar-refractivity contribution in [3.63, 3.8) is 0 Å². The number of carbonyl (C=O) groups excluding carboxylic acids is 1. The lowest BCUT2D eigenvalue weighted by molar-refractivity contribution is 0.0946. The molecule has 2 heterocycles. The van der Waals surface area contributed by atoms with Gasteiger partial charge in [-0.15, -0.1) is 5.10 Å². The lowest BCUT2D eigenvalue weighted by Crippen LogP contribution is -2.34. The molecule has 1 saturated carbocycles. The Labute approximate surface area is 172 Å². The van der Waals surface area contributed by atoms with Crippen LogP contribution in [0.5, 0.6) is 0 Å². The molecule has 1 aliphatic carbocycles. The summed E-state index contributed by atoms with van der Waals surface area (Å²) in [6.07, 6.45) is 10.4. The number of anilines is 1. The van der Waals surface area contributed by atoms with Crippen LogP contribution in [-0.4, -0.2) is 65.6 Å². The number of likely N-dealkylation sites (tertiary alicyclic amines) is 1. The Morgan fingerprint density at radius 3 is 2.55 bits per heavy atom. The van der Waals surface area contributed by atoms with Gasteiger partial charge in [0.15, 0.2) is 5.69 Å². The van der Waals surface area contributed by atoms with Crippen LogP contribution >= 0.6 is 0 Å². The molecule has 2 fully saturated rings. The topological polar surface area (TPSA) is 66.3 Å². The second kappa shape index (κ2) is 8.78. The number of nitrogens with zero attached hydrogens (tertiary/aromatic N) is 5. The zero-order valence-corrected chi connectivity index (χ0v) is 17.3. The van der Waals surface area contributed by atoms with Crippen molar-refractivity contribution in [2.45, 2.75) is 37.8 Å². The Kier molecular flexibility index (Phi) is 5.94. The first kappa shape index (κ1) is 19.6. The average molecular weight is 395 g/mol. The molecule has 154 valence electrons. The minimum Gasteiger partial charge on any atom is -0.378 e. The molecule has 2 aliphatic rings. The van der Waals surface area contributed by atoms with Gasteiger partial charge in [-0.1, -0.05) is 29.5 Å². The van der Waals surface area contributed by atoms with E-state index in [1.165, 1.54) is 11.3 Å². The largest absolute Gasteiger partial charge is 0.378 e. The number of aromatic nitrogens is 3. The van der Waals surface area contributed by atoms with Crippen molar-refractivity contribution < 1.29 is 4.79 Å². The summed E-state index contributed by atoms with van der Waals surface area (Å²) in [4.78, 5) is 16.6. The fourth-order valence-corrected chi connectivity index (χ4v) is 3.63. The summed E-state index contributed by atoms with van der Waals surface area (Å²) in [5.41, 5.74) is 2.87. The third-order valence-electron chi connectivity index (χ3n) is 5.67. The van der Waals surface area contributed by atoms with Gasteiger partial charge in [0.25, 0.3) is 5.91 Å². The van der Waals surface area contributed by atoms with Gasteiger partial charge < -0.3 is 10.2 Å². The first-order valence-corrected chi connectivity index (χ1v) is 10.5.